The summed E-state index contributed by atoms with van der Waals surface area (Å²) in [5.41, 5.74) is 1.07. The fraction of sp³-hybridized carbons (Fsp3) is 0.200. The van der Waals surface area contributed by atoms with Gasteiger partial charge in [0.2, 0.25) is 5.75 Å². The predicted molar refractivity (Wildman–Crippen MR) is 80.0 cm³/mol. The molecule has 2 aromatic carbocycles. The van der Waals surface area contributed by atoms with E-state index in [0.29, 0.717) is 16.3 Å². The van der Waals surface area contributed by atoms with E-state index < -0.39 is 11.0 Å². The van der Waals surface area contributed by atoms with Crippen LogP contribution in [0.25, 0.3) is 0 Å². The molecule has 0 aliphatic heterocycles. The van der Waals surface area contributed by atoms with Crippen LogP contribution in [-0.2, 0) is 0 Å². The number of aliphatic hydroxyl groups excluding tert-OH is 1. The lowest BCUT2D eigenvalue weighted by molar-refractivity contribution is -0.385. The lowest BCUT2D eigenvalue weighted by atomic mass is 10.1. The third-order valence-electron chi connectivity index (χ3n) is 3.03. The van der Waals surface area contributed by atoms with Crippen molar-refractivity contribution in [3.05, 3.63) is 62.7 Å². The van der Waals surface area contributed by atoms with Gasteiger partial charge in [0.05, 0.1) is 11.0 Å². The molecule has 0 spiro atoms. The van der Waals surface area contributed by atoms with E-state index in [2.05, 4.69) is 0 Å². The summed E-state index contributed by atoms with van der Waals surface area (Å²) >= 11 is 5.91. The highest BCUT2D eigenvalue weighted by atomic mass is 35.5. The maximum atomic E-state index is 11.2. The van der Waals surface area contributed by atoms with Gasteiger partial charge >= 0.3 is 5.69 Å². The summed E-state index contributed by atoms with van der Waals surface area (Å²) < 4.78 is 5.61. The number of benzene rings is 2. The molecule has 0 unspecified atom stereocenters. The second kappa shape index (κ2) is 6.11. The van der Waals surface area contributed by atoms with Crippen molar-refractivity contribution in [1.29, 1.82) is 0 Å². The highest BCUT2D eigenvalue weighted by Gasteiger charge is 2.19. The van der Waals surface area contributed by atoms with E-state index >= 15 is 0 Å². The Morgan fingerprint density at radius 2 is 1.95 bits per heavy atom. The van der Waals surface area contributed by atoms with Gasteiger partial charge in [0.1, 0.15) is 5.75 Å². The molecule has 21 heavy (non-hydrogen) atoms. The lowest BCUT2D eigenvalue weighted by Gasteiger charge is -2.11. The molecule has 110 valence electrons. The summed E-state index contributed by atoms with van der Waals surface area (Å²) in [5.74, 6) is 0.560. The Bertz CT molecular complexity index is 685. The van der Waals surface area contributed by atoms with Crippen LogP contribution in [0.3, 0.4) is 0 Å². The number of nitro groups is 1. The Labute approximate surface area is 126 Å². The number of aliphatic hydroxyl groups is 1. The van der Waals surface area contributed by atoms with Crippen LogP contribution in [0.2, 0.25) is 5.02 Å². The molecule has 2 rings (SSSR count). The van der Waals surface area contributed by atoms with Crippen molar-refractivity contribution in [3.63, 3.8) is 0 Å². The van der Waals surface area contributed by atoms with Gasteiger partial charge in [0.15, 0.2) is 0 Å². The summed E-state index contributed by atoms with van der Waals surface area (Å²) in [5, 5.41) is 21.2. The molecule has 2 aromatic rings. The zero-order valence-electron chi connectivity index (χ0n) is 11.5. The van der Waals surface area contributed by atoms with Gasteiger partial charge in [0, 0.05) is 11.1 Å². The summed E-state index contributed by atoms with van der Waals surface area (Å²) in [6, 6.07) is 9.46. The van der Waals surface area contributed by atoms with E-state index in [9.17, 15) is 15.2 Å². The lowest BCUT2D eigenvalue weighted by Crippen LogP contribution is -1.98. The van der Waals surface area contributed by atoms with Gasteiger partial charge in [-0.05, 0) is 43.2 Å². The Morgan fingerprint density at radius 1 is 1.24 bits per heavy atom. The minimum Gasteiger partial charge on any atom is -0.450 e. The number of hydrogen-bond donors (Lipinski definition) is 1. The molecule has 0 saturated heterocycles. The monoisotopic (exact) mass is 307 g/mol. The van der Waals surface area contributed by atoms with Crippen LogP contribution in [0, 0.1) is 17.0 Å². The van der Waals surface area contributed by atoms with E-state index in [-0.39, 0.29) is 11.4 Å². The summed E-state index contributed by atoms with van der Waals surface area (Å²) in [4.78, 5) is 10.6. The number of rotatable bonds is 4. The Balaban J connectivity index is 2.44. The number of aryl methyl sites for hydroxylation is 1. The molecule has 1 atom stereocenters. The molecule has 0 heterocycles. The average Bonchev–Trinajstić information content (AvgIpc) is 2.42. The van der Waals surface area contributed by atoms with Crippen molar-refractivity contribution >= 4 is 17.3 Å². The van der Waals surface area contributed by atoms with E-state index in [1.807, 2.05) is 6.92 Å². The van der Waals surface area contributed by atoms with Crippen LogP contribution in [-0.4, -0.2) is 10.0 Å². The molecule has 1 N–H and O–H groups in total. The molecule has 5 nitrogen and oxygen atoms in total. The Hall–Kier alpha value is -2.11. The molecule has 0 radical (unpaired) electrons. The summed E-state index contributed by atoms with van der Waals surface area (Å²) in [6.45, 7) is 3.36. The molecule has 0 aliphatic rings. The minimum absolute atomic E-state index is 0.106. The van der Waals surface area contributed by atoms with Crippen molar-refractivity contribution < 1.29 is 14.8 Å². The van der Waals surface area contributed by atoms with Crippen molar-refractivity contribution in [2.75, 3.05) is 0 Å². The molecule has 0 aliphatic carbocycles. The quantitative estimate of drug-likeness (QED) is 0.671. The van der Waals surface area contributed by atoms with Crippen LogP contribution in [0.15, 0.2) is 36.4 Å². The van der Waals surface area contributed by atoms with Crippen molar-refractivity contribution in [2.24, 2.45) is 0 Å². The van der Waals surface area contributed by atoms with Gasteiger partial charge in [-0.15, -0.1) is 0 Å². The zero-order valence-corrected chi connectivity index (χ0v) is 12.3. The molecule has 0 fully saturated rings. The third-order valence-corrected chi connectivity index (χ3v) is 3.27. The van der Waals surface area contributed by atoms with Crippen molar-refractivity contribution in [1.82, 2.24) is 0 Å². The van der Waals surface area contributed by atoms with Crippen LogP contribution < -0.4 is 4.74 Å². The largest absolute Gasteiger partial charge is 0.450 e. The molecule has 0 bridgehead atoms. The van der Waals surface area contributed by atoms with Crippen molar-refractivity contribution in [2.45, 2.75) is 20.0 Å². The molecule has 6 heteroatoms. The third kappa shape index (κ3) is 3.51. The number of nitro benzene ring substituents is 1. The fourth-order valence-electron chi connectivity index (χ4n) is 1.83. The maximum absolute atomic E-state index is 11.2. The molecular formula is C15H14ClNO4. The Kier molecular flexibility index (Phi) is 4.45. The first-order chi connectivity index (χ1) is 9.88. The van der Waals surface area contributed by atoms with E-state index in [1.54, 1.807) is 31.2 Å². The Morgan fingerprint density at radius 3 is 2.57 bits per heavy atom. The number of ether oxygens (including phenoxy) is 1. The number of nitrogens with zero attached hydrogens (tertiary/aromatic N) is 1. The van der Waals surface area contributed by atoms with Gasteiger partial charge in [-0.3, -0.25) is 10.1 Å². The van der Waals surface area contributed by atoms with Gasteiger partial charge in [-0.25, -0.2) is 0 Å². The van der Waals surface area contributed by atoms with Crippen LogP contribution in [0.5, 0.6) is 11.5 Å². The average molecular weight is 308 g/mol. The topological polar surface area (TPSA) is 72.6 Å². The SMILES string of the molecule is Cc1ccc(Cl)cc1Oc1ccc([C@@H](C)O)cc1[N+](=O)[O-]. The standard InChI is InChI=1S/C15H14ClNO4/c1-9-3-5-12(16)8-15(9)21-14-6-4-11(10(2)18)7-13(14)17(19)20/h3-8,10,18H,1-2H3/t10-/m1/s1. The number of hydrogen-bond acceptors (Lipinski definition) is 4. The summed E-state index contributed by atoms with van der Waals surface area (Å²) in [7, 11) is 0. The normalized spacial score (nSPS) is 12.0. The van der Waals surface area contributed by atoms with Crippen LogP contribution in [0.1, 0.15) is 24.2 Å². The van der Waals surface area contributed by atoms with E-state index in [4.69, 9.17) is 16.3 Å². The van der Waals surface area contributed by atoms with E-state index in [1.165, 1.54) is 12.1 Å². The van der Waals surface area contributed by atoms with Gasteiger partial charge in [-0.1, -0.05) is 23.7 Å². The molecular weight excluding hydrogens is 294 g/mol. The van der Waals surface area contributed by atoms with E-state index in [0.717, 1.165) is 5.56 Å². The molecule has 0 amide bonds. The highest BCUT2D eigenvalue weighted by Crippen LogP contribution is 2.35. The van der Waals surface area contributed by atoms with Gasteiger partial charge < -0.3 is 9.84 Å². The van der Waals surface area contributed by atoms with Gasteiger partial charge in [-0.2, -0.15) is 0 Å². The predicted octanol–water partition coefficient (Wildman–Crippen LogP) is 4.40. The second-order valence-electron chi connectivity index (χ2n) is 4.67. The smallest absolute Gasteiger partial charge is 0.311 e. The van der Waals surface area contributed by atoms with Gasteiger partial charge in [0.25, 0.3) is 0 Å². The van der Waals surface area contributed by atoms with Crippen molar-refractivity contribution in [3.8, 4) is 11.5 Å². The van der Waals surface area contributed by atoms with Crippen LogP contribution in [0.4, 0.5) is 5.69 Å². The fourth-order valence-corrected chi connectivity index (χ4v) is 1.99. The number of halogens is 1. The maximum Gasteiger partial charge on any atom is 0.311 e. The minimum atomic E-state index is -0.786. The first-order valence-corrected chi connectivity index (χ1v) is 6.66. The first-order valence-electron chi connectivity index (χ1n) is 6.29. The molecule has 0 aromatic heterocycles. The molecule has 0 saturated carbocycles. The highest BCUT2D eigenvalue weighted by molar-refractivity contribution is 6.30. The second-order valence-corrected chi connectivity index (χ2v) is 5.11. The zero-order chi connectivity index (χ0) is 15.6. The summed E-state index contributed by atoms with van der Waals surface area (Å²) in [6.07, 6.45) is -0.786. The first kappa shape index (κ1) is 15.3. The van der Waals surface area contributed by atoms with Crippen LogP contribution >= 0.6 is 11.6 Å².